The molecule has 2 aromatic carbocycles. The van der Waals surface area contributed by atoms with Gasteiger partial charge in [-0.05, 0) is 12.1 Å². The third-order valence-electron chi connectivity index (χ3n) is 3.15. The van der Waals surface area contributed by atoms with Gasteiger partial charge in [0.25, 0.3) is 5.82 Å². The summed E-state index contributed by atoms with van der Waals surface area (Å²) in [4.78, 5) is 16.3. The number of esters is 1. The van der Waals surface area contributed by atoms with Gasteiger partial charge in [-0.2, -0.15) is 0 Å². The Morgan fingerprint density at radius 2 is 1.70 bits per heavy atom. The van der Waals surface area contributed by atoms with Crippen molar-refractivity contribution in [3.63, 3.8) is 0 Å². The second-order valence-corrected chi connectivity index (χ2v) is 4.73. The van der Waals surface area contributed by atoms with Crippen LogP contribution in [-0.4, -0.2) is 39.1 Å². The van der Waals surface area contributed by atoms with Crippen LogP contribution in [0.4, 0.5) is 0 Å². The Morgan fingerprint density at radius 1 is 1.04 bits per heavy atom. The van der Waals surface area contributed by atoms with Crippen LogP contribution in [0.1, 0.15) is 10.6 Å². The molecule has 0 radical (unpaired) electrons. The van der Waals surface area contributed by atoms with Crippen LogP contribution in [0.15, 0.2) is 60.7 Å². The fourth-order valence-electron chi connectivity index (χ4n) is 2.12. The van der Waals surface area contributed by atoms with Gasteiger partial charge < -0.3 is 9.84 Å². The molecule has 3 rings (SSSR count). The molecule has 0 atom stereocenters. The molecule has 0 spiro atoms. The lowest BCUT2D eigenvalue weighted by atomic mass is 10.2. The Kier molecular flexibility index (Phi) is 4.44. The molecule has 1 heterocycles. The first kappa shape index (κ1) is 14.9. The maximum absolute atomic E-state index is 12.0. The molecular formula is C17H15N3O3. The van der Waals surface area contributed by atoms with E-state index in [0.717, 1.165) is 11.3 Å². The number of aliphatic hydroxyl groups excluding tert-OH is 1. The van der Waals surface area contributed by atoms with Gasteiger partial charge in [0.2, 0.25) is 0 Å². The van der Waals surface area contributed by atoms with Gasteiger partial charge in [0, 0.05) is 5.56 Å². The van der Waals surface area contributed by atoms with E-state index < -0.39 is 5.97 Å². The molecule has 1 aromatic heterocycles. The van der Waals surface area contributed by atoms with Crippen LogP contribution >= 0.6 is 0 Å². The maximum atomic E-state index is 12.0. The van der Waals surface area contributed by atoms with Crippen LogP contribution in [0.2, 0.25) is 0 Å². The van der Waals surface area contributed by atoms with E-state index in [2.05, 4.69) is 10.1 Å². The predicted molar refractivity (Wildman–Crippen MR) is 84.2 cm³/mol. The molecule has 6 heteroatoms. The highest BCUT2D eigenvalue weighted by Crippen LogP contribution is 2.21. The van der Waals surface area contributed by atoms with Crippen molar-refractivity contribution >= 4 is 5.97 Å². The van der Waals surface area contributed by atoms with Gasteiger partial charge in [-0.25, -0.2) is 14.5 Å². The highest BCUT2D eigenvalue weighted by molar-refractivity contribution is 5.86. The van der Waals surface area contributed by atoms with E-state index in [0.29, 0.717) is 5.82 Å². The maximum Gasteiger partial charge on any atom is 0.378 e. The number of rotatable bonds is 5. The minimum atomic E-state index is -0.661. The molecule has 0 unspecified atom stereocenters. The van der Waals surface area contributed by atoms with Gasteiger partial charge in [0.15, 0.2) is 5.82 Å². The fourth-order valence-corrected chi connectivity index (χ4v) is 2.12. The highest BCUT2D eigenvalue weighted by Gasteiger charge is 2.19. The standard InChI is InChI=1S/C17H15N3O3/c21-11-12-23-17(22)15-18-16(13-7-3-1-4-8-13)20(19-15)14-9-5-2-6-10-14/h1-10,21H,11-12H2. The van der Waals surface area contributed by atoms with Crippen molar-refractivity contribution in [2.45, 2.75) is 0 Å². The average Bonchev–Trinajstić information content (AvgIpc) is 3.06. The Labute approximate surface area is 133 Å². The topological polar surface area (TPSA) is 77.2 Å². The van der Waals surface area contributed by atoms with Crippen LogP contribution in [0.5, 0.6) is 0 Å². The molecule has 0 saturated heterocycles. The summed E-state index contributed by atoms with van der Waals surface area (Å²) in [7, 11) is 0. The second kappa shape index (κ2) is 6.85. The lowest BCUT2D eigenvalue weighted by Crippen LogP contribution is -2.11. The van der Waals surface area contributed by atoms with Gasteiger partial charge in [-0.15, -0.1) is 5.10 Å². The first-order chi connectivity index (χ1) is 11.3. The minimum absolute atomic E-state index is 0.0406. The zero-order valence-electron chi connectivity index (χ0n) is 12.3. The van der Waals surface area contributed by atoms with Crippen molar-refractivity contribution in [1.82, 2.24) is 14.8 Å². The molecule has 3 aromatic rings. The van der Waals surface area contributed by atoms with E-state index in [4.69, 9.17) is 9.84 Å². The smallest absolute Gasteiger partial charge is 0.378 e. The minimum Gasteiger partial charge on any atom is -0.457 e. The molecule has 116 valence electrons. The van der Waals surface area contributed by atoms with Gasteiger partial charge in [-0.1, -0.05) is 48.5 Å². The van der Waals surface area contributed by atoms with Crippen molar-refractivity contribution in [2.24, 2.45) is 0 Å². The van der Waals surface area contributed by atoms with Crippen molar-refractivity contribution in [1.29, 1.82) is 0 Å². The number of hydrogen-bond acceptors (Lipinski definition) is 5. The number of ether oxygens (including phenoxy) is 1. The SMILES string of the molecule is O=C(OCCO)c1nc(-c2ccccc2)n(-c2ccccc2)n1. The number of nitrogens with zero attached hydrogens (tertiary/aromatic N) is 3. The van der Waals surface area contributed by atoms with Crippen LogP contribution in [0.3, 0.4) is 0 Å². The van der Waals surface area contributed by atoms with Gasteiger partial charge in [-0.3, -0.25) is 0 Å². The summed E-state index contributed by atoms with van der Waals surface area (Å²) in [5, 5.41) is 13.0. The Morgan fingerprint density at radius 3 is 2.35 bits per heavy atom. The van der Waals surface area contributed by atoms with E-state index in [1.54, 1.807) is 4.68 Å². The summed E-state index contributed by atoms with van der Waals surface area (Å²) < 4.78 is 6.49. The van der Waals surface area contributed by atoms with E-state index in [1.807, 2.05) is 60.7 Å². The Hall–Kier alpha value is -2.99. The number of hydrogen-bond donors (Lipinski definition) is 1. The molecule has 23 heavy (non-hydrogen) atoms. The summed E-state index contributed by atoms with van der Waals surface area (Å²) in [6.45, 7) is -0.323. The number of benzene rings is 2. The third-order valence-corrected chi connectivity index (χ3v) is 3.15. The monoisotopic (exact) mass is 309 g/mol. The van der Waals surface area contributed by atoms with Crippen molar-refractivity contribution in [3.8, 4) is 17.1 Å². The molecule has 0 saturated carbocycles. The largest absolute Gasteiger partial charge is 0.457 e. The number of aliphatic hydroxyl groups is 1. The molecule has 0 bridgehead atoms. The predicted octanol–water partition coefficient (Wildman–Crippen LogP) is 2.08. The fraction of sp³-hybridized carbons (Fsp3) is 0.118. The summed E-state index contributed by atoms with van der Waals surface area (Å²) in [6.07, 6.45) is 0. The van der Waals surface area contributed by atoms with Crippen molar-refractivity contribution < 1.29 is 14.6 Å². The van der Waals surface area contributed by atoms with Crippen molar-refractivity contribution in [3.05, 3.63) is 66.5 Å². The quantitative estimate of drug-likeness (QED) is 0.730. The lowest BCUT2D eigenvalue weighted by molar-refractivity contribution is 0.0420. The Balaban J connectivity index is 2.06. The molecule has 6 nitrogen and oxygen atoms in total. The molecule has 0 aliphatic heterocycles. The van der Waals surface area contributed by atoms with E-state index in [-0.39, 0.29) is 19.0 Å². The summed E-state index contributed by atoms with van der Waals surface area (Å²) in [5.74, 6) is -0.153. The first-order valence-electron chi connectivity index (χ1n) is 7.15. The molecule has 0 fully saturated rings. The number of para-hydroxylation sites is 1. The molecule has 0 amide bonds. The van der Waals surface area contributed by atoms with Crippen LogP contribution in [0.25, 0.3) is 17.1 Å². The zero-order chi connectivity index (χ0) is 16.1. The average molecular weight is 309 g/mol. The number of carbonyl (C=O) groups excluding carboxylic acids is 1. The summed E-state index contributed by atoms with van der Waals surface area (Å²) in [6, 6.07) is 18.9. The zero-order valence-corrected chi connectivity index (χ0v) is 12.3. The lowest BCUT2D eigenvalue weighted by Gasteiger charge is -2.05. The molecule has 0 aliphatic rings. The number of aromatic nitrogens is 3. The van der Waals surface area contributed by atoms with E-state index >= 15 is 0 Å². The Bertz CT molecular complexity index is 728. The summed E-state index contributed by atoms with van der Waals surface area (Å²) >= 11 is 0. The molecule has 0 aliphatic carbocycles. The third kappa shape index (κ3) is 3.27. The first-order valence-corrected chi connectivity index (χ1v) is 7.15. The normalized spacial score (nSPS) is 10.5. The second-order valence-electron chi connectivity index (χ2n) is 4.73. The van der Waals surface area contributed by atoms with Crippen LogP contribution in [-0.2, 0) is 4.74 Å². The number of carbonyl (C=O) groups is 1. The molecule has 1 N–H and O–H groups in total. The van der Waals surface area contributed by atoms with Gasteiger partial charge in [0.1, 0.15) is 6.61 Å². The van der Waals surface area contributed by atoms with E-state index in [9.17, 15) is 4.79 Å². The van der Waals surface area contributed by atoms with Crippen LogP contribution < -0.4 is 0 Å². The van der Waals surface area contributed by atoms with Gasteiger partial charge >= 0.3 is 5.97 Å². The van der Waals surface area contributed by atoms with Crippen LogP contribution in [0, 0.1) is 0 Å². The van der Waals surface area contributed by atoms with Gasteiger partial charge in [0.05, 0.1) is 12.3 Å². The summed E-state index contributed by atoms with van der Waals surface area (Å²) in [5.41, 5.74) is 1.63. The van der Waals surface area contributed by atoms with E-state index in [1.165, 1.54) is 0 Å². The highest BCUT2D eigenvalue weighted by atomic mass is 16.5. The van der Waals surface area contributed by atoms with Crippen molar-refractivity contribution in [2.75, 3.05) is 13.2 Å². The molecular weight excluding hydrogens is 294 g/mol.